The predicted octanol–water partition coefficient (Wildman–Crippen LogP) is 4.20. The first-order valence-corrected chi connectivity index (χ1v) is 7.41. The Balaban J connectivity index is 2.28. The molecule has 0 saturated carbocycles. The average Bonchev–Trinajstić information content (AvgIpc) is 2.43. The van der Waals surface area contributed by atoms with E-state index < -0.39 is 4.92 Å². The fourth-order valence-corrected chi connectivity index (χ4v) is 3.42. The van der Waals surface area contributed by atoms with Crippen LogP contribution in [0, 0.1) is 10.1 Å². The summed E-state index contributed by atoms with van der Waals surface area (Å²) in [4.78, 5) is 10.2. The van der Waals surface area contributed by atoms with Crippen LogP contribution in [0.1, 0.15) is 16.7 Å². The highest BCUT2D eigenvalue weighted by Gasteiger charge is 2.10. The molecule has 2 rings (SSSR count). The van der Waals surface area contributed by atoms with Gasteiger partial charge in [0.2, 0.25) is 0 Å². The fourth-order valence-electron chi connectivity index (χ4n) is 1.86. The van der Waals surface area contributed by atoms with E-state index in [0.29, 0.717) is 6.42 Å². The second-order valence-corrected chi connectivity index (χ2v) is 6.01. The summed E-state index contributed by atoms with van der Waals surface area (Å²) in [6.45, 7) is -0.0188. The number of hydrogen-bond acceptors (Lipinski definition) is 3. The zero-order valence-electron chi connectivity index (χ0n) is 10.3. The molecule has 104 valence electrons. The Hall–Kier alpha value is -1.24. The van der Waals surface area contributed by atoms with Gasteiger partial charge in [0.15, 0.2) is 0 Å². The van der Waals surface area contributed by atoms with E-state index in [1.807, 2.05) is 12.1 Å². The molecule has 0 aliphatic rings. The Bertz CT molecular complexity index is 618. The number of nitro benzene ring substituents is 1. The molecular formula is C14H11Br2NO3. The minimum atomic E-state index is -0.411. The summed E-state index contributed by atoms with van der Waals surface area (Å²) in [5.41, 5.74) is 2.92. The lowest BCUT2D eigenvalue weighted by Gasteiger charge is -2.10. The minimum Gasteiger partial charge on any atom is -0.392 e. The SMILES string of the molecule is O=[N+]([O-])c1ccc(Cc2c(Br)cc(CO)cc2Br)cc1. The summed E-state index contributed by atoms with van der Waals surface area (Å²) in [6.07, 6.45) is 0.644. The molecule has 0 atom stereocenters. The molecule has 0 radical (unpaired) electrons. The van der Waals surface area contributed by atoms with Crippen molar-refractivity contribution in [1.29, 1.82) is 0 Å². The van der Waals surface area contributed by atoms with Crippen LogP contribution >= 0.6 is 31.9 Å². The maximum atomic E-state index is 10.6. The highest BCUT2D eigenvalue weighted by molar-refractivity contribution is 9.11. The van der Waals surface area contributed by atoms with Crippen molar-refractivity contribution in [2.24, 2.45) is 0 Å². The van der Waals surface area contributed by atoms with Crippen molar-refractivity contribution < 1.29 is 10.0 Å². The van der Waals surface area contributed by atoms with Crippen molar-refractivity contribution in [3.05, 3.63) is 72.1 Å². The van der Waals surface area contributed by atoms with Gasteiger partial charge in [0.05, 0.1) is 11.5 Å². The number of aliphatic hydroxyl groups excluding tert-OH is 1. The van der Waals surface area contributed by atoms with Crippen LogP contribution in [0.3, 0.4) is 0 Å². The van der Waals surface area contributed by atoms with Gasteiger partial charge in [-0.3, -0.25) is 10.1 Å². The number of hydrogen-bond donors (Lipinski definition) is 1. The Kier molecular flexibility index (Phi) is 4.91. The zero-order chi connectivity index (χ0) is 14.7. The molecular weight excluding hydrogens is 390 g/mol. The fraction of sp³-hybridized carbons (Fsp3) is 0.143. The van der Waals surface area contributed by atoms with Crippen LogP contribution in [0.2, 0.25) is 0 Å². The van der Waals surface area contributed by atoms with Crippen molar-refractivity contribution in [3.8, 4) is 0 Å². The Morgan fingerprint density at radius 2 is 1.60 bits per heavy atom. The molecule has 1 N–H and O–H groups in total. The molecule has 0 aromatic heterocycles. The normalized spacial score (nSPS) is 10.6. The average molecular weight is 401 g/mol. The molecule has 0 fully saturated rings. The Morgan fingerprint density at radius 3 is 2.05 bits per heavy atom. The summed E-state index contributed by atoms with van der Waals surface area (Å²) < 4.78 is 1.79. The molecule has 0 spiro atoms. The summed E-state index contributed by atoms with van der Waals surface area (Å²) >= 11 is 6.97. The van der Waals surface area contributed by atoms with Crippen LogP contribution in [-0.4, -0.2) is 10.0 Å². The van der Waals surface area contributed by atoms with E-state index in [1.165, 1.54) is 12.1 Å². The van der Waals surface area contributed by atoms with Gasteiger partial charge in [-0.15, -0.1) is 0 Å². The zero-order valence-corrected chi connectivity index (χ0v) is 13.5. The second-order valence-electron chi connectivity index (χ2n) is 4.30. The minimum absolute atomic E-state index is 0.0188. The monoisotopic (exact) mass is 399 g/mol. The van der Waals surface area contributed by atoms with Crippen molar-refractivity contribution >= 4 is 37.5 Å². The van der Waals surface area contributed by atoms with Gasteiger partial charge in [0.25, 0.3) is 5.69 Å². The van der Waals surface area contributed by atoms with Crippen molar-refractivity contribution in [1.82, 2.24) is 0 Å². The van der Waals surface area contributed by atoms with Gasteiger partial charge in [-0.2, -0.15) is 0 Å². The molecule has 0 bridgehead atoms. The third kappa shape index (κ3) is 3.45. The first kappa shape index (κ1) is 15.2. The number of nitro groups is 1. The quantitative estimate of drug-likeness (QED) is 0.617. The highest BCUT2D eigenvalue weighted by Crippen LogP contribution is 2.30. The van der Waals surface area contributed by atoms with Gasteiger partial charge in [0.1, 0.15) is 0 Å². The molecule has 6 heteroatoms. The predicted molar refractivity (Wildman–Crippen MR) is 83.7 cm³/mol. The summed E-state index contributed by atoms with van der Waals surface area (Å²) in [7, 11) is 0. The molecule has 2 aromatic carbocycles. The number of non-ortho nitro benzene ring substituents is 1. The lowest BCUT2D eigenvalue weighted by molar-refractivity contribution is -0.384. The van der Waals surface area contributed by atoms with Gasteiger partial charge in [-0.25, -0.2) is 0 Å². The molecule has 0 aliphatic carbocycles. The van der Waals surface area contributed by atoms with E-state index in [9.17, 15) is 10.1 Å². The third-order valence-electron chi connectivity index (χ3n) is 2.91. The number of rotatable bonds is 4. The van der Waals surface area contributed by atoms with E-state index in [1.54, 1.807) is 12.1 Å². The van der Waals surface area contributed by atoms with Gasteiger partial charge >= 0.3 is 0 Å². The van der Waals surface area contributed by atoms with Gasteiger partial charge in [0, 0.05) is 21.1 Å². The number of benzene rings is 2. The van der Waals surface area contributed by atoms with Crippen LogP contribution in [-0.2, 0) is 13.0 Å². The molecule has 0 amide bonds. The van der Waals surface area contributed by atoms with Crippen LogP contribution < -0.4 is 0 Å². The lowest BCUT2D eigenvalue weighted by Crippen LogP contribution is -1.95. The van der Waals surface area contributed by atoms with Crippen molar-refractivity contribution in [2.75, 3.05) is 0 Å². The summed E-state index contributed by atoms with van der Waals surface area (Å²) in [5, 5.41) is 19.8. The molecule has 2 aromatic rings. The van der Waals surface area contributed by atoms with Crippen molar-refractivity contribution in [3.63, 3.8) is 0 Å². The second kappa shape index (κ2) is 6.47. The van der Waals surface area contributed by atoms with Crippen LogP contribution in [0.5, 0.6) is 0 Å². The van der Waals surface area contributed by atoms with Gasteiger partial charge in [-0.05, 0) is 35.2 Å². The van der Waals surface area contributed by atoms with Crippen LogP contribution in [0.25, 0.3) is 0 Å². The van der Waals surface area contributed by atoms with Crippen LogP contribution in [0.15, 0.2) is 45.3 Å². The number of nitrogens with zero attached hydrogens (tertiary/aromatic N) is 1. The topological polar surface area (TPSA) is 63.4 Å². The van der Waals surface area contributed by atoms with E-state index in [0.717, 1.165) is 25.6 Å². The van der Waals surface area contributed by atoms with E-state index in [2.05, 4.69) is 31.9 Å². The molecule has 4 nitrogen and oxygen atoms in total. The third-order valence-corrected chi connectivity index (χ3v) is 4.33. The van der Waals surface area contributed by atoms with Crippen molar-refractivity contribution in [2.45, 2.75) is 13.0 Å². The summed E-state index contributed by atoms with van der Waals surface area (Å²) in [6, 6.07) is 10.2. The maximum Gasteiger partial charge on any atom is 0.269 e. The molecule has 0 unspecified atom stereocenters. The molecule has 0 heterocycles. The first-order chi connectivity index (χ1) is 9.51. The number of aliphatic hydroxyl groups is 1. The van der Waals surface area contributed by atoms with E-state index >= 15 is 0 Å². The van der Waals surface area contributed by atoms with E-state index in [4.69, 9.17) is 5.11 Å². The molecule has 0 aliphatic heterocycles. The molecule has 20 heavy (non-hydrogen) atoms. The Labute approximate surface area is 132 Å². The lowest BCUT2D eigenvalue weighted by atomic mass is 10.0. The Morgan fingerprint density at radius 1 is 1.05 bits per heavy atom. The largest absolute Gasteiger partial charge is 0.392 e. The van der Waals surface area contributed by atoms with Gasteiger partial charge < -0.3 is 5.11 Å². The summed E-state index contributed by atoms with van der Waals surface area (Å²) in [5.74, 6) is 0. The molecule has 0 saturated heterocycles. The first-order valence-electron chi connectivity index (χ1n) is 5.82. The smallest absolute Gasteiger partial charge is 0.269 e. The number of halogens is 2. The van der Waals surface area contributed by atoms with E-state index in [-0.39, 0.29) is 12.3 Å². The standard InChI is InChI=1S/C14H11Br2NO3/c15-13-6-10(8-18)7-14(16)12(13)5-9-1-3-11(4-2-9)17(19)20/h1-4,6-7,18H,5,8H2. The van der Waals surface area contributed by atoms with Gasteiger partial charge in [-0.1, -0.05) is 44.0 Å². The highest BCUT2D eigenvalue weighted by atomic mass is 79.9. The maximum absolute atomic E-state index is 10.6. The van der Waals surface area contributed by atoms with Crippen LogP contribution in [0.4, 0.5) is 5.69 Å².